The minimum atomic E-state index is -3.87. The van der Waals surface area contributed by atoms with Crippen molar-refractivity contribution in [3.8, 4) is 0 Å². The zero-order valence-corrected chi connectivity index (χ0v) is 12.1. The molecule has 0 aliphatic rings. The fraction of sp³-hybridized carbons (Fsp3) is 0.500. The van der Waals surface area contributed by atoms with Crippen LogP contribution in [0.2, 0.25) is 0 Å². The van der Waals surface area contributed by atoms with Crippen LogP contribution < -0.4 is 4.72 Å². The van der Waals surface area contributed by atoms with Crippen molar-refractivity contribution >= 4 is 27.3 Å². The van der Waals surface area contributed by atoms with Crippen LogP contribution in [-0.4, -0.2) is 53.0 Å². The summed E-state index contributed by atoms with van der Waals surface area (Å²) < 4.78 is 36.1. The lowest BCUT2D eigenvalue weighted by molar-refractivity contribution is 0.0320. The predicted octanol–water partition coefficient (Wildman–Crippen LogP) is 0.386. The Morgan fingerprint density at radius 2 is 2.21 bits per heavy atom. The summed E-state index contributed by atoms with van der Waals surface area (Å²) in [6, 6.07) is 1.26. The number of ether oxygens (including phenoxy) is 2. The van der Waals surface area contributed by atoms with Crippen LogP contribution in [0.25, 0.3) is 0 Å². The lowest BCUT2D eigenvalue weighted by atomic mass is 10.4. The van der Waals surface area contributed by atoms with Crippen molar-refractivity contribution < 1.29 is 27.8 Å². The highest BCUT2D eigenvalue weighted by Crippen LogP contribution is 2.21. The largest absolute Gasteiger partial charge is 0.477 e. The van der Waals surface area contributed by atoms with E-state index in [1.165, 1.54) is 25.7 Å². The van der Waals surface area contributed by atoms with Gasteiger partial charge in [0.1, 0.15) is 9.77 Å². The Labute approximate surface area is 115 Å². The molecule has 0 aromatic carbocycles. The second-order valence-electron chi connectivity index (χ2n) is 3.58. The summed E-state index contributed by atoms with van der Waals surface area (Å²) in [4.78, 5) is 10.4. The lowest BCUT2D eigenvalue weighted by Crippen LogP contribution is -2.35. The number of carboxylic acids is 1. The first-order valence-electron chi connectivity index (χ1n) is 5.24. The first-order valence-corrected chi connectivity index (χ1v) is 7.60. The third-order valence-electron chi connectivity index (χ3n) is 2.30. The van der Waals surface area contributed by atoms with E-state index in [-0.39, 0.29) is 22.9 Å². The van der Waals surface area contributed by atoms with E-state index in [0.29, 0.717) is 0 Å². The Morgan fingerprint density at radius 3 is 2.74 bits per heavy atom. The molecule has 0 spiro atoms. The minimum Gasteiger partial charge on any atom is -0.477 e. The van der Waals surface area contributed by atoms with Crippen LogP contribution in [0.5, 0.6) is 0 Å². The molecule has 1 heterocycles. The number of thiophene rings is 1. The smallest absolute Gasteiger partial charge is 0.347 e. The fourth-order valence-electron chi connectivity index (χ4n) is 1.34. The van der Waals surface area contributed by atoms with E-state index in [9.17, 15) is 13.2 Å². The van der Waals surface area contributed by atoms with Gasteiger partial charge >= 0.3 is 5.97 Å². The Hall–Kier alpha value is -1.00. The molecule has 0 aliphatic heterocycles. The average Bonchev–Trinajstić information content (AvgIpc) is 2.84. The van der Waals surface area contributed by atoms with Crippen molar-refractivity contribution in [3.63, 3.8) is 0 Å². The SMILES string of the molecule is COCC(CNS(=O)(=O)c1ccsc1C(=O)O)OC. The van der Waals surface area contributed by atoms with Crippen LogP contribution in [0, 0.1) is 0 Å². The summed E-state index contributed by atoms with van der Waals surface area (Å²) in [5.41, 5.74) is 0. The molecule has 19 heavy (non-hydrogen) atoms. The third-order valence-corrected chi connectivity index (χ3v) is 4.80. The molecule has 1 aromatic heterocycles. The molecule has 9 heteroatoms. The maximum absolute atomic E-state index is 12.0. The van der Waals surface area contributed by atoms with Gasteiger partial charge in [0.05, 0.1) is 12.7 Å². The molecule has 0 aliphatic carbocycles. The summed E-state index contributed by atoms with van der Waals surface area (Å²) in [5, 5.41) is 10.3. The van der Waals surface area contributed by atoms with E-state index < -0.39 is 22.1 Å². The molecule has 0 fully saturated rings. The molecule has 1 unspecified atom stereocenters. The summed E-state index contributed by atoms with van der Waals surface area (Å²) in [7, 11) is -0.962. The zero-order chi connectivity index (χ0) is 14.5. The van der Waals surface area contributed by atoms with Crippen LogP contribution >= 0.6 is 11.3 Å². The van der Waals surface area contributed by atoms with Gasteiger partial charge in [-0.25, -0.2) is 17.9 Å². The maximum atomic E-state index is 12.0. The predicted molar refractivity (Wildman–Crippen MR) is 69.1 cm³/mol. The van der Waals surface area contributed by atoms with E-state index >= 15 is 0 Å². The van der Waals surface area contributed by atoms with E-state index in [2.05, 4.69) is 4.72 Å². The molecule has 0 radical (unpaired) electrons. The monoisotopic (exact) mass is 309 g/mol. The van der Waals surface area contributed by atoms with E-state index in [1.54, 1.807) is 0 Å². The van der Waals surface area contributed by atoms with Crippen LogP contribution in [0.4, 0.5) is 0 Å². The van der Waals surface area contributed by atoms with Gasteiger partial charge in [0.2, 0.25) is 10.0 Å². The molecule has 1 aromatic rings. The summed E-state index contributed by atoms with van der Waals surface area (Å²) in [6.07, 6.45) is -0.438. The van der Waals surface area contributed by atoms with Crippen LogP contribution in [-0.2, 0) is 19.5 Å². The number of hydrogen-bond acceptors (Lipinski definition) is 6. The van der Waals surface area contributed by atoms with Gasteiger partial charge in [-0.05, 0) is 11.4 Å². The minimum absolute atomic E-state index is 0.00157. The molecule has 0 saturated carbocycles. The molecule has 2 N–H and O–H groups in total. The average molecular weight is 309 g/mol. The molecule has 0 bridgehead atoms. The highest BCUT2D eigenvalue weighted by Gasteiger charge is 2.24. The van der Waals surface area contributed by atoms with Crippen LogP contribution in [0.1, 0.15) is 9.67 Å². The van der Waals surface area contributed by atoms with E-state index in [4.69, 9.17) is 14.6 Å². The van der Waals surface area contributed by atoms with Crippen LogP contribution in [0.3, 0.4) is 0 Å². The summed E-state index contributed by atoms with van der Waals surface area (Å²) in [5.74, 6) is -1.27. The molecule has 108 valence electrons. The number of carbonyl (C=O) groups is 1. The number of methoxy groups -OCH3 is 2. The molecule has 1 atom stereocenters. The van der Waals surface area contributed by atoms with Gasteiger partial charge in [0.15, 0.2) is 0 Å². The zero-order valence-electron chi connectivity index (χ0n) is 10.5. The normalized spacial score (nSPS) is 13.4. The molecule has 7 nitrogen and oxygen atoms in total. The molecule has 0 saturated heterocycles. The second-order valence-corrected chi connectivity index (χ2v) is 6.24. The van der Waals surface area contributed by atoms with Crippen molar-refractivity contribution in [3.05, 3.63) is 16.3 Å². The number of aromatic carboxylic acids is 1. The Morgan fingerprint density at radius 1 is 1.53 bits per heavy atom. The number of nitrogens with one attached hydrogen (secondary N) is 1. The first-order chi connectivity index (χ1) is 8.92. The molecule has 0 amide bonds. The first kappa shape index (κ1) is 16.1. The number of sulfonamides is 1. The second kappa shape index (κ2) is 6.96. The molecular formula is C10H15NO6S2. The highest BCUT2D eigenvalue weighted by atomic mass is 32.2. The lowest BCUT2D eigenvalue weighted by Gasteiger charge is -2.15. The van der Waals surface area contributed by atoms with Crippen LogP contribution in [0.15, 0.2) is 16.3 Å². The summed E-state index contributed by atoms with van der Waals surface area (Å²) >= 11 is 0.860. The van der Waals surface area contributed by atoms with Crippen molar-refractivity contribution in [1.82, 2.24) is 4.72 Å². The van der Waals surface area contributed by atoms with Gasteiger partial charge in [-0.15, -0.1) is 11.3 Å². The highest BCUT2D eigenvalue weighted by molar-refractivity contribution is 7.89. The number of rotatable bonds is 8. The third kappa shape index (κ3) is 4.25. The number of hydrogen-bond donors (Lipinski definition) is 2. The van der Waals surface area contributed by atoms with E-state index in [1.807, 2.05) is 0 Å². The number of carboxylic acid groups (broad SMARTS) is 1. The van der Waals surface area contributed by atoms with Gasteiger partial charge in [-0.3, -0.25) is 0 Å². The Balaban J connectivity index is 2.81. The van der Waals surface area contributed by atoms with Crippen molar-refractivity contribution in [1.29, 1.82) is 0 Å². The van der Waals surface area contributed by atoms with Crippen molar-refractivity contribution in [2.45, 2.75) is 11.0 Å². The Kier molecular flexibility index (Phi) is 5.88. The summed E-state index contributed by atoms with van der Waals surface area (Å²) in [6.45, 7) is 0.232. The maximum Gasteiger partial charge on any atom is 0.347 e. The van der Waals surface area contributed by atoms with Crippen molar-refractivity contribution in [2.24, 2.45) is 0 Å². The van der Waals surface area contributed by atoms with E-state index in [0.717, 1.165) is 11.3 Å². The van der Waals surface area contributed by atoms with Gasteiger partial charge < -0.3 is 14.6 Å². The quantitative estimate of drug-likeness (QED) is 0.720. The Bertz CT molecular complexity index is 524. The fourth-order valence-corrected chi connectivity index (χ4v) is 3.67. The topological polar surface area (TPSA) is 102 Å². The standard InChI is InChI=1S/C10H15NO6S2/c1-16-6-7(17-2)5-11-19(14,15)8-3-4-18-9(8)10(12)13/h3-4,7,11H,5-6H2,1-2H3,(H,12,13). The van der Waals surface area contributed by atoms with Gasteiger partial charge in [-0.1, -0.05) is 0 Å². The molecular weight excluding hydrogens is 294 g/mol. The van der Waals surface area contributed by atoms with Gasteiger partial charge in [0, 0.05) is 20.8 Å². The van der Waals surface area contributed by atoms with Crippen molar-refractivity contribution in [2.75, 3.05) is 27.4 Å². The van der Waals surface area contributed by atoms with Gasteiger partial charge in [-0.2, -0.15) is 0 Å². The van der Waals surface area contributed by atoms with Gasteiger partial charge in [0.25, 0.3) is 0 Å². The molecule has 1 rings (SSSR count).